The van der Waals surface area contributed by atoms with E-state index < -0.39 is 24.5 Å². The van der Waals surface area contributed by atoms with Crippen molar-refractivity contribution < 1.29 is 23.9 Å². The Bertz CT molecular complexity index is 804. The summed E-state index contributed by atoms with van der Waals surface area (Å²) in [5.41, 5.74) is 2.28. The van der Waals surface area contributed by atoms with Crippen molar-refractivity contribution >= 4 is 17.9 Å². The number of amides is 3. The maximum absolute atomic E-state index is 12.2. The molecule has 2 aromatic rings. The number of benzene rings is 2. The molecular weight excluding hydrogens is 336 g/mol. The smallest absolute Gasteiger partial charge is 0.342 e. The van der Waals surface area contributed by atoms with Gasteiger partial charge in [0.2, 0.25) is 0 Å². The molecule has 0 saturated carbocycles. The van der Waals surface area contributed by atoms with Crippen LogP contribution in [0, 0.1) is 6.92 Å². The molecule has 0 unspecified atom stereocenters. The summed E-state index contributed by atoms with van der Waals surface area (Å²) in [6.45, 7) is 1.71. The average Bonchev–Trinajstić information content (AvgIpc) is 2.64. The minimum atomic E-state index is -0.726. The molecule has 26 heavy (non-hydrogen) atoms. The molecule has 7 heteroatoms. The Morgan fingerprint density at radius 1 is 1.04 bits per heavy atom. The zero-order valence-electron chi connectivity index (χ0n) is 14.6. The van der Waals surface area contributed by atoms with Crippen LogP contribution in [0.3, 0.4) is 0 Å². The number of urea groups is 1. The highest BCUT2D eigenvalue weighted by Gasteiger charge is 2.16. The van der Waals surface area contributed by atoms with Crippen molar-refractivity contribution in [1.29, 1.82) is 0 Å². The largest absolute Gasteiger partial charge is 0.488 e. The van der Waals surface area contributed by atoms with Crippen molar-refractivity contribution in [3.63, 3.8) is 0 Å². The lowest BCUT2D eigenvalue weighted by molar-refractivity contribution is -0.123. The lowest BCUT2D eigenvalue weighted by Crippen LogP contribution is -2.39. The molecule has 0 aliphatic carbocycles. The second-order valence-electron chi connectivity index (χ2n) is 5.48. The van der Waals surface area contributed by atoms with Crippen LogP contribution >= 0.6 is 0 Å². The minimum absolute atomic E-state index is 0.202. The van der Waals surface area contributed by atoms with Crippen LogP contribution in [0.5, 0.6) is 5.75 Å². The standard InChI is InChI=1S/C19H20N2O5/c1-13-6-5-7-14(10-13)11-25-16-9-4-3-8-15(16)18(23)26-12-17(22)21-19(24)20-2/h3-10H,11-12H2,1-2H3,(H2,20,21,22,24). The van der Waals surface area contributed by atoms with Crippen molar-refractivity contribution in [2.24, 2.45) is 0 Å². The molecule has 0 atom stereocenters. The van der Waals surface area contributed by atoms with E-state index in [-0.39, 0.29) is 5.56 Å². The Morgan fingerprint density at radius 3 is 2.54 bits per heavy atom. The molecule has 0 bridgehead atoms. The van der Waals surface area contributed by atoms with Crippen molar-refractivity contribution in [1.82, 2.24) is 10.6 Å². The van der Waals surface area contributed by atoms with E-state index in [1.807, 2.05) is 36.5 Å². The molecule has 0 radical (unpaired) electrons. The highest BCUT2D eigenvalue weighted by atomic mass is 16.5. The maximum Gasteiger partial charge on any atom is 0.342 e. The number of nitrogens with one attached hydrogen (secondary N) is 2. The Labute approximate surface area is 151 Å². The maximum atomic E-state index is 12.2. The molecule has 0 aromatic heterocycles. The van der Waals surface area contributed by atoms with Crippen LogP contribution in [0.2, 0.25) is 0 Å². The molecule has 0 spiro atoms. The molecule has 0 aliphatic heterocycles. The predicted molar refractivity (Wildman–Crippen MR) is 94.8 cm³/mol. The quantitative estimate of drug-likeness (QED) is 0.774. The van der Waals surface area contributed by atoms with E-state index in [0.717, 1.165) is 11.1 Å². The number of aryl methyl sites for hydroxylation is 1. The molecule has 2 rings (SSSR count). The Kier molecular flexibility index (Phi) is 6.73. The number of imide groups is 1. The second kappa shape index (κ2) is 9.22. The number of carbonyl (C=O) groups is 3. The first-order chi connectivity index (χ1) is 12.5. The number of esters is 1. The number of ether oxygens (including phenoxy) is 2. The van der Waals surface area contributed by atoms with Crippen LogP contribution in [0.4, 0.5) is 4.79 Å². The molecule has 2 N–H and O–H groups in total. The minimum Gasteiger partial charge on any atom is -0.488 e. The first kappa shape index (κ1) is 19.0. The zero-order chi connectivity index (χ0) is 18.9. The zero-order valence-corrected chi connectivity index (χ0v) is 14.6. The SMILES string of the molecule is CNC(=O)NC(=O)COC(=O)c1ccccc1OCc1cccc(C)c1. The van der Waals surface area contributed by atoms with Crippen molar-refractivity contribution in [3.8, 4) is 5.75 Å². The molecule has 0 fully saturated rings. The molecule has 0 saturated heterocycles. The van der Waals surface area contributed by atoms with Gasteiger partial charge in [0, 0.05) is 7.05 Å². The van der Waals surface area contributed by atoms with Crippen molar-refractivity contribution in [3.05, 3.63) is 65.2 Å². The van der Waals surface area contributed by atoms with E-state index in [4.69, 9.17) is 9.47 Å². The Balaban J connectivity index is 1.97. The van der Waals surface area contributed by atoms with Crippen LogP contribution in [-0.4, -0.2) is 31.6 Å². The third-order valence-electron chi connectivity index (χ3n) is 3.40. The van der Waals surface area contributed by atoms with E-state index in [1.54, 1.807) is 24.3 Å². The summed E-state index contributed by atoms with van der Waals surface area (Å²) in [4.78, 5) is 34.7. The molecule has 3 amide bonds. The number of rotatable bonds is 6. The number of carbonyl (C=O) groups excluding carboxylic acids is 3. The highest BCUT2D eigenvalue weighted by molar-refractivity contribution is 5.97. The second-order valence-corrected chi connectivity index (χ2v) is 5.48. The summed E-state index contributed by atoms with van der Waals surface area (Å²) in [5.74, 6) is -1.08. The Hall–Kier alpha value is -3.35. The van der Waals surface area contributed by atoms with Gasteiger partial charge in [0.1, 0.15) is 17.9 Å². The fraction of sp³-hybridized carbons (Fsp3) is 0.211. The van der Waals surface area contributed by atoms with E-state index in [9.17, 15) is 14.4 Å². The molecule has 136 valence electrons. The first-order valence-corrected chi connectivity index (χ1v) is 7.95. The van der Waals surface area contributed by atoms with Crippen molar-refractivity contribution in [2.45, 2.75) is 13.5 Å². The van der Waals surface area contributed by atoms with Gasteiger partial charge in [0.25, 0.3) is 5.91 Å². The fourth-order valence-corrected chi connectivity index (χ4v) is 2.16. The van der Waals surface area contributed by atoms with Crippen LogP contribution < -0.4 is 15.4 Å². The summed E-state index contributed by atoms with van der Waals surface area (Å²) in [5, 5.41) is 4.23. The number of hydrogen-bond donors (Lipinski definition) is 2. The topological polar surface area (TPSA) is 93.7 Å². The first-order valence-electron chi connectivity index (χ1n) is 7.95. The van der Waals surface area contributed by atoms with Gasteiger partial charge in [-0.25, -0.2) is 9.59 Å². The van der Waals surface area contributed by atoms with Gasteiger partial charge in [-0.3, -0.25) is 10.1 Å². The highest BCUT2D eigenvalue weighted by Crippen LogP contribution is 2.20. The van der Waals surface area contributed by atoms with Gasteiger partial charge in [-0.05, 0) is 24.6 Å². The molecular formula is C19H20N2O5. The summed E-state index contributed by atoms with van der Waals surface area (Å²) in [6, 6.07) is 13.8. The summed E-state index contributed by atoms with van der Waals surface area (Å²) < 4.78 is 10.7. The molecule has 0 aliphatic rings. The van der Waals surface area contributed by atoms with Gasteiger partial charge in [-0.15, -0.1) is 0 Å². The third-order valence-corrected chi connectivity index (χ3v) is 3.40. The average molecular weight is 356 g/mol. The van der Waals surface area contributed by atoms with E-state index >= 15 is 0 Å². The summed E-state index contributed by atoms with van der Waals surface area (Å²) in [6.07, 6.45) is 0. The molecule has 2 aromatic carbocycles. The van der Waals surface area contributed by atoms with Crippen LogP contribution in [-0.2, 0) is 16.1 Å². The van der Waals surface area contributed by atoms with E-state index in [0.29, 0.717) is 12.4 Å². The summed E-state index contributed by atoms with van der Waals surface area (Å²) >= 11 is 0. The Morgan fingerprint density at radius 2 is 1.81 bits per heavy atom. The summed E-state index contributed by atoms with van der Waals surface area (Å²) in [7, 11) is 1.37. The third kappa shape index (κ3) is 5.62. The lowest BCUT2D eigenvalue weighted by Gasteiger charge is -2.11. The monoisotopic (exact) mass is 356 g/mol. The van der Waals surface area contributed by atoms with Gasteiger partial charge in [0.05, 0.1) is 0 Å². The van der Waals surface area contributed by atoms with E-state index in [2.05, 4.69) is 5.32 Å². The van der Waals surface area contributed by atoms with Gasteiger partial charge in [0.15, 0.2) is 6.61 Å². The van der Waals surface area contributed by atoms with E-state index in [1.165, 1.54) is 7.05 Å². The van der Waals surface area contributed by atoms with Crippen molar-refractivity contribution in [2.75, 3.05) is 13.7 Å². The van der Waals surface area contributed by atoms with Crippen LogP contribution in [0.1, 0.15) is 21.5 Å². The van der Waals surface area contributed by atoms with Crippen LogP contribution in [0.25, 0.3) is 0 Å². The normalized spacial score (nSPS) is 9.92. The number of hydrogen-bond acceptors (Lipinski definition) is 5. The fourth-order valence-electron chi connectivity index (χ4n) is 2.16. The van der Waals surface area contributed by atoms with Crippen LogP contribution in [0.15, 0.2) is 48.5 Å². The molecule has 7 nitrogen and oxygen atoms in total. The van der Waals surface area contributed by atoms with Gasteiger partial charge < -0.3 is 14.8 Å². The van der Waals surface area contributed by atoms with Gasteiger partial charge in [-0.2, -0.15) is 0 Å². The number of para-hydroxylation sites is 1. The van der Waals surface area contributed by atoms with Gasteiger partial charge in [-0.1, -0.05) is 42.0 Å². The predicted octanol–water partition coefficient (Wildman–Crippen LogP) is 2.19. The lowest BCUT2D eigenvalue weighted by atomic mass is 10.1. The van der Waals surface area contributed by atoms with Gasteiger partial charge >= 0.3 is 12.0 Å². The molecule has 0 heterocycles.